The van der Waals surface area contributed by atoms with Crippen molar-refractivity contribution in [2.45, 2.75) is 30.6 Å². The number of carbonyl (C=O) groups excluding carboxylic acids is 1. The zero-order chi connectivity index (χ0) is 25.4. The Morgan fingerprint density at radius 2 is 1.73 bits per heavy atom. The Kier molecular flexibility index (Phi) is 6.37. The fourth-order valence-corrected chi connectivity index (χ4v) is 6.82. The molecule has 6 rings (SSSR count). The summed E-state index contributed by atoms with van der Waals surface area (Å²) >= 11 is 0. The second kappa shape index (κ2) is 9.83. The van der Waals surface area contributed by atoms with Crippen LogP contribution in [0.2, 0.25) is 0 Å². The molecule has 2 saturated heterocycles. The normalized spacial score (nSPS) is 20.2. The Morgan fingerprint density at radius 1 is 0.919 bits per heavy atom. The summed E-state index contributed by atoms with van der Waals surface area (Å²) < 4.78 is 38.6. The van der Waals surface area contributed by atoms with E-state index in [4.69, 9.17) is 14.5 Å². The monoisotopic (exact) mass is 522 g/mol. The fraction of sp³-hybridized carbons (Fsp3) is 0.407. The zero-order valence-corrected chi connectivity index (χ0v) is 21.4. The van der Waals surface area contributed by atoms with Crippen molar-refractivity contribution in [2.75, 3.05) is 49.6 Å². The third kappa shape index (κ3) is 4.83. The van der Waals surface area contributed by atoms with Crippen molar-refractivity contribution in [3.05, 3.63) is 48.5 Å². The summed E-state index contributed by atoms with van der Waals surface area (Å²) in [6.07, 6.45) is 3.50. The Labute approximate surface area is 216 Å². The Bertz CT molecular complexity index is 1440. The van der Waals surface area contributed by atoms with E-state index in [1.807, 2.05) is 24.3 Å². The molecule has 2 fully saturated rings. The van der Waals surface area contributed by atoms with Crippen molar-refractivity contribution < 1.29 is 22.7 Å². The van der Waals surface area contributed by atoms with Crippen molar-refractivity contribution in [3.63, 3.8) is 0 Å². The van der Waals surface area contributed by atoms with Gasteiger partial charge in [0.15, 0.2) is 11.5 Å². The van der Waals surface area contributed by atoms with Crippen LogP contribution in [-0.2, 0) is 14.8 Å². The van der Waals surface area contributed by atoms with Crippen LogP contribution in [0.1, 0.15) is 25.7 Å². The summed E-state index contributed by atoms with van der Waals surface area (Å²) in [4.78, 5) is 20.3. The molecule has 3 aliphatic rings. The maximum Gasteiger partial charge on any atom is 0.243 e. The fourth-order valence-electron chi connectivity index (χ4n) is 5.27. The number of rotatable bonds is 5. The van der Waals surface area contributed by atoms with Gasteiger partial charge in [0.05, 0.1) is 16.3 Å². The van der Waals surface area contributed by atoms with Gasteiger partial charge in [0.2, 0.25) is 15.9 Å². The minimum absolute atomic E-state index is 0.0288. The zero-order valence-electron chi connectivity index (χ0n) is 20.6. The second-order valence-electron chi connectivity index (χ2n) is 9.77. The molecule has 9 nitrogen and oxygen atoms in total. The molecule has 2 aromatic carbocycles. The lowest BCUT2D eigenvalue weighted by molar-refractivity contribution is -0.120. The van der Waals surface area contributed by atoms with Gasteiger partial charge in [-0.05, 0) is 68.1 Å². The number of anilines is 2. The predicted octanol–water partition coefficient (Wildman–Crippen LogP) is 3.65. The van der Waals surface area contributed by atoms with E-state index < -0.39 is 10.0 Å². The summed E-state index contributed by atoms with van der Waals surface area (Å²) in [6, 6.07) is 14.4. The first-order valence-electron chi connectivity index (χ1n) is 12.8. The lowest BCUT2D eigenvalue weighted by atomic mass is 9.97. The van der Waals surface area contributed by atoms with Crippen LogP contribution >= 0.6 is 0 Å². The van der Waals surface area contributed by atoms with Crippen LogP contribution in [0.3, 0.4) is 0 Å². The number of fused-ring (bicyclic) bond motifs is 2. The van der Waals surface area contributed by atoms with E-state index >= 15 is 0 Å². The topological polar surface area (TPSA) is 101 Å². The smallest absolute Gasteiger partial charge is 0.243 e. The molecule has 1 N–H and O–H groups in total. The molecular weight excluding hydrogens is 492 g/mol. The molecule has 1 atom stereocenters. The van der Waals surface area contributed by atoms with E-state index in [1.165, 1.54) is 0 Å². The minimum Gasteiger partial charge on any atom is -0.486 e. The molecule has 10 heteroatoms. The SMILES string of the molecule is O=C(Nc1ccc2c(c1)OCCO2)[C@@H]1CCCN(c2ccc3cc(S(=O)(=O)N4CCCC4)ccc3n2)C1. The van der Waals surface area contributed by atoms with Crippen molar-refractivity contribution in [1.29, 1.82) is 0 Å². The summed E-state index contributed by atoms with van der Waals surface area (Å²) in [6.45, 7) is 3.56. The van der Waals surface area contributed by atoms with Crippen LogP contribution in [0, 0.1) is 5.92 Å². The number of nitrogens with one attached hydrogen (secondary N) is 1. The van der Waals surface area contributed by atoms with Gasteiger partial charge in [0, 0.05) is 43.3 Å². The summed E-state index contributed by atoms with van der Waals surface area (Å²) in [5.41, 5.74) is 1.43. The van der Waals surface area contributed by atoms with Crippen LogP contribution in [-0.4, -0.2) is 63.0 Å². The second-order valence-corrected chi connectivity index (χ2v) is 11.7. The van der Waals surface area contributed by atoms with E-state index in [1.54, 1.807) is 28.6 Å². The molecule has 3 aliphatic heterocycles. The number of carbonyl (C=O) groups is 1. The van der Waals surface area contributed by atoms with Crippen LogP contribution in [0.15, 0.2) is 53.4 Å². The average Bonchev–Trinajstić information content (AvgIpc) is 3.49. The molecule has 0 bridgehead atoms. The van der Waals surface area contributed by atoms with Gasteiger partial charge in [-0.2, -0.15) is 4.31 Å². The van der Waals surface area contributed by atoms with Crippen LogP contribution in [0.5, 0.6) is 11.5 Å². The molecule has 0 saturated carbocycles. The summed E-state index contributed by atoms with van der Waals surface area (Å²) in [5, 5.41) is 3.81. The van der Waals surface area contributed by atoms with Gasteiger partial charge in [-0.15, -0.1) is 0 Å². The van der Waals surface area contributed by atoms with Gasteiger partial charge in [0.1, 0.15) is 19.0 Å². The van der Waals surface area contributed by atoms with Gasteiger partial charge < -0.3 is 19.7 Å². The number of sulfonamides is 1. The van der Waals surface area contributed by atoms with Crippen LogP contribution in [0.25, 0.3) is 10.9 Å². The van der Waals surface area contributed by atoms with Crippen LogP contribution in [0.4, 0.5) is 11.5 Å². The lowest BCUT2D eigenvalue weighted by Crippen LogP contribution is -2.41. The van der Waals surface area contributed by atoms with E-state index in [-0.39, 0.29) is 11.8 Å². The molecule has 1 aromatic heterocycles. The Hall–Kier alpha value is -3.37. The van der Waals surface area contributed by atoms with E-state index in [9.17, 15) is 13.2 Å². The average molecular weight is 523 g/mol. The maximum absolute atomic E-state index is 13.1. The molecule has 1 amide bonds. The van der Waals surface area contributed by atoms with Gasteiger partial charge in [-0.25, -0.2) is 13.4 Å². The van der Waals surface area contributed by atoms with Crippen molar-refractivity contribution >= 4 is 38.3 Å². The minimum atomic E-state index is -3.47. The number of hydrogen-bond acceptors (Lipinski definition) is 7. The van der Waals surface area contributed by atoms with Crippen molar-refractivity contribution in [1.82, 2.24) is 9.29 Å². The summed E-state index contributed by atoms with van der Waals surface area (Å²) in [5.74, 6) is 1.92. The van der Waals surface area contributed by atoms with Crippen molar-refractivity contribution in [2.24, 2.45) is 5.92 Å². The number of ether oxygens (including phenoxy) is 2. The predicted molar refractivity (Wildman–Crippen MR) is 141 cm³/mol. The highest BCUT2D eigenvalue weighted by molar-refractivity contribution is 7.89. The molecule has 0 aliphatic carbocycles. The number of hydrogen-bond donors (Lipinski definition) is 1. The van der Waals surface area contributed by atoms with Crippen LogP contribution < -0.4 is 19.7 Å². The van der Waals surface area contributed by atoms with Gasteiger partial charge >= 0.3 is 0 Å². The summed E-state index contributed by atoms with van der Waals surface area (Å²) in [7, 11) is -3.47. The molecule has 0 radical (unpaired) electrons. The number of piperidine rings is 1. The standard InChI is InChI=1S/C27H30N4O5S/c32-27(28-21-6-9-24-25(17-21)36-15-14-35-24)20-4-3-11-30(18-20)26-10-5-19-16-22(7-8-23(19)29-26)37(33,34)31-12-1-2-13-31/h5-10,16-17,20H,1-4,11-15,18H2,(H,28,32)/t20-/m1/s1. The van der Waals surface area contributed by atoms with Crippen molar-refractivity contribution in [3.8, 4) is 11.5 Å². The highest BCUT2D eigenvalue weighted by Gasteiger charge is 2.29. The number of amides is 1. The molecule has 37 heavy (non-hydrogen) atoms. The third-order valence-electron chi connectivity index (χ3n) is 7.27. The Morgan fingerprint density at radius 3 is 2.57 bits per heavy atom. The number of benzene rings is 2. The highest BCUT2D eigenvalue weighted by Crippen LogP contribution is 2.33. The maximum atomic E-state index is 13.1. The largest absolute Gasteiger partial charge is 0.486 e. The van der Waals surface area contributed by atoms with E-state index in [0.717, 1.165) is 48.9 Å². The van der Waals surface area contributed by atoms with Gasteiger partial charge in [0.25, 0.3) is 0 Å². The quantitative estimate of drug-likeness (QED) is 0.546. The third-order valence-corrected chi connectivity index (χ3v) is 9.17. The first-order valence-corrected chi connectivity index (χ1v) is 14.3. The molecule has 3 aromatic rings. The Balaban J connectivity index is 1.15. The molecular formula is C27H30N4O5S. The molecule has 194 valence electrons. The highest BCUT2D eigenvalue weighted by atomic mass is 32.2. The number of pyridine rings is 1. The number of nitrogens with zero attached hydrogens (tertiary/aromatic N) is 3. The first kappa shape index (κ1) is 24.0. The first-order chi connectivity index (χ1) is 18.0. The van der Waals surface area contributed by atoms with E-state index in [2.05, 4.69) is 10.2 Å². The number of aromatic nitrogens is 1. The molecule has 0 spiro atoms. The van der Waals surface area contributed by atoms with Gasteiger partial charge in [-0.1, -0.05) is 0 Å². The molecule has 0 unspecified atom stereocenters. The van der Waals surface area contributed by atoms with Gasteiger partial charge in [-0.3, -0.25) is 4.79 Å². The van der Waals surface area contributed by atoms with E-state index in [0.29, 0.717) is 54.9 Å². The lowest BCUT2D eigenvalue weighted by Gasteiger charge is -2.33. The molecule has 4 heterocycles.